The van der Waals surface area contributed by atoms with Gasteiger partial charge in [-0.25, -0.2) is 0 Å². The summed E-state index contributed by atoms with van der Waals surface area (Å²) in [5, 5.41) is 6.44. The van der Waals surface area contributed by atoms with E-state index in [1.807, 2.05) is 11.3 Å². The molecule has 12 rings (SSSR count). The first kappa shape index (κ1) is 39.5. The van der Waals surface area contributed by atoms with E-state index in [4.69, 9.17) is 11.0 Å². The fourth-order valence-corrected chi connectivity index (χ4v) is 14.2. The van der Waals surface area contributed by atoms with Crippen LogP contribution in [0.15, 0.2) is 145 Å². The molecule has 4 nitrogen and oxygen atoms in total. The van der Waals surface area contributed by atoms with Gasteiger partial charge in [0.2, 0.25) is 5.69 Å². The second-order valence-corrected chi connectivity index (χ2v) is 26.3. The highest BCUT2D eigenvalue weighted by Crippen LogP contribution is 2.48. The van der Waals surface area contributed by atoms with Crippen molar-refractivity contribution < 1.29 is 13.6 Å². The minimum Gasteiger partial charge on any atom is -0.455 e. The number of rotatable bonds is 4. The monoisotopic (exact) mass is 869 g/mol. The van der Waals surface area contributed by atoms with Gasteiger partial charge < -0.3 is 4.42 Å². The molecule has 2 aliphatic rings. The number of allylic oxidation sites excluding steroid dienone is 1. The first-order chi connectivity index (χ1) is 30.9. The Kier molecular flexibility index (Phi) is 8.93. The largest absolute Gasteiger partial charge is 0.455 e. The molecule has 0 aliphatic carbocycles. The Hall–Kier alpha value is -6.08. The number of nitrogens with zero attached hydrogens (tertiary/aromatic N) is 3. The molecule has 0 N–H and O–H groups in total. The number of benzene rings is 6. The number of para-hydroxylation sites is 3. The van der Waals surface area contributed by atoms with Gasteiger partial charge in [-0.3, -0.25) is 0 Å². The number of imidazole rings is 1. The molecule has 0 spiro atoms. The molecule has 2 atom stereocenters. The maximum Gasteiger partial charge on any atom is 0.304 e. The Morgan fingerprint density at radius 2 is 1.52 bits per heavy atom. The van der Waals surface area contributed by atoms with Crippen LogP contribution in [0.5, 0.6) is 0 Å². The van der Waals surface area contributed by atoms with Crippen LogP contribution in [0.1, 0.15) is 86.6 Å². The van der Waals surface area contributed by atoms with Gasteiger partial charge in [-0.1, -0.05) is 127 Å². The van der Waals surface area contributed by atoms with Crippen LogP contribution < -0.4 is 14.3 Å². The first-order valence-corrected chi connectivity index (χ1v) is 27.6. The van der Waals surface area contributed by atoms with Gasteiger partial charge in [0.05, 0.1) is 14.5 Å². The zero-order valence-electron chi connectivity index (χ0n) is 38.0. The van der Waals surface area contributed by atoms with Crippen molar-refractivity contribution in [2.45, 2.75) is 90.4 Å². The van der Waals surface area contributed by atoms with Crippen molar-refractivity contribution in [2.75, 3.05) is 0 Å². The van der Waals surface area contributed by atoms with Gasteiger partial charge in [-0.15, -0.1) is 11.3 Å². The summed E-state index contributed by atoms with van der Waals surface area (Å²) < 4.78 is 17.4. The topological polar surface area (TPSA) is 25.8 Å². The zero-order chi connectivity index (χ0) is 43.8. The van der Waals surface area contributed by atoms with Gasteiger partial charge in [0.25, 0.3) is 0 Å². The third-order valence-electron chi connectivity index (χ3n) is 14.6. The lowest BCUT2D eigenvalue weighted by Gasteiger charge is -2.34. The highest BCUT2D eigenvalue weighted by molar-refractivity contribution is 7.25. The van der Waals surface area contributed by atoms with Crippen LogP contribution in [0, 0.1) is 0 Å². The van der Waals surface area contributed by atoms with Crippen LogP contribution in [0.2, 0.25) is 19.6 Å². The fourth-order valence-electron chi connectivity index (χ4n) is 11.4. The van der Waals surface area contributed by atoms with E-state index < -0.39 is 8.07 Å². The van der Waals surface area contributed by atoms with E-state index >= 15 is 0 Å². The highest BCUT2D eigenvalue weighted by Gasteiger charge is 2.45. The third kappa shape index (κ3) is 5.91. The van der Waals surface area contributed by atoms with Gasteiger partial charge in [0.1, 0.15) is 22.5 Å². The van der Waals surface area contributed by atoms with Crippen LogP contribution in [0.3, 0.4) is 0 Å². The minimum atomic E-state index is -1.74. The number of aryl methyl sites for hydroxylation is 1. The van der Waals surface area contributed by atoms with E-state index in [0.29, 0.717) is 11.8 Å². The highest BCUT2D eigenvalue weighted by atomic mass is 32.1. The van der Waals surface area contributed by atoms with Gasteiger partial charge in [-0.05, 0) is 95.5 Å². The summed E-state index contributed by atoms with van der Waals surface area (Å²) >= 11 is 1.87. The van der Waals surface area contributed by atoms with Crippen molar-refractivity contribution in [3.05, 3.63) is 162 Å². The Labute approximate surface area is 380 Å². The van der Waals surface area contributed by atoms with Crippen molar-refractivity contribution in [1.82, 2.24) is 4.57 Å². The van der Waals surface area contributed by atoms with E-state index in [1.165, 1.54) is 53.7 Å². The molecule has 0 saturated carbocycles. The Balaban J connectivity index is 1.18. The Morgan fingerprint density at radius 3 is 2.33 bits per heavy atom. The first-order valence-electron chi connectivity index (χ1n) is 23.3. The van der Waals surface area contributed by atoms with Crippen molar-refractivity contribution in [3.63, 3.8) is 0 Å². The summed E-state index contributed by atoms with van der Waals surface area (Å²) in [4.78, 5) is 0. The number of hydrogen-bond donors (Lipinski definition) is 0. The summed E-state index contributed by atoms with van der Waals surface area (Å²) in [6, 6.07) is 48.2. The number of fused-ring (bicyclic) bond motifs is 18. The van der Waals surface area contributed by atoms with Crippen molar-refractivity contribution in [3.8, 4) is 28.3 Å². The maximum absolute atomic E-state index is 7.09. The summed E-state index contributed by atoms with van der Waals surface area (Å²) in [7, 11) is -1.74. The number of thiophene rings is 1. The molecule has 6 heteroatoms. The quantitative estimate of drug-likeness (QED) is 0.128. The van der Waals surface area contributed by atoms with E-state index in [0.717, 1.165) is 75.0 Å². The number of aromatic nitrogens is 3. The summed E-state index contributed by atoms with van der Waals surface area (Å²) in [5.41, 5.74) is 15.9. The molecular formula is C58H55N3OSSi+2. The van der Waals surface area contributed by atoms with E-state index in [1.54, 1.807) is 5.19 Å². The molecule has 2 unspecified atom stereocenters. The van der Waals surface area contributed by atoms with Crippen LogP contribution in [0.4, 0.5) is 0 Å². The predicted octanol–water partition coefficient (Wildman–Crippen LogP) is 14.7. The van der Waals surface area contributed by atoms with Crippen LogP contribution in [-0.2, 0) is 6.42 Å². The van der Waals surface area contributed by atoms with Crippen LogP contribution in [-0.4, -0.2) is 12.6 Å². The summed E-state index contributed by atoms with van der Waals surface area (Å²) in [5.74, 6) is 2.24. The third-order valence-corrected chi connectivity index (χ3v) is 17.8. The summed E-state index contributed by atoms with van der Waals surface area (Å²) in [6.07, 6.45) is 5.30. The smallest absolute Gasteiger partial charge is 0.304 e. The SMILES string of the molecule is C=C1CC2C(CCc3ccc4c(oc5ccccc54)c3-c3n1c1ccccc1[n+]3-c1ccc3sc4ccccc4c3c1)c1cc(C(C)C)ccc1-c1cc(C(C)C)c([Si](C)(C)C)c[n+]12. The molecule has 2 aliphatic heterocycles. The molecule has 10 aromatic rings. The average Bonchev–Trinajstić information content (AvgIpc) is 3.97. The molecular weight excluding hydrogens is 815 g/mol. The Morgan fingerprint density at radius 1 is 0.750 bits per heavy atom. The number of hydrogen-bond acceptors (Lipinski definition) is 2. The molecule has 4 aromatic heterocycles. The molecule has 6 aromatic carbocycles. The zero-order valence-corrected chi connectivity index (χ0v) is 39.8. The van der Waals surface area contributed by atoms with Crippen molar-refractivity contribution >= 4 is 83.4 Å². The molecule has 0 bridgehead atoms. The van der Waals surface area contributed by atoms with Crippen molar-refractivity contribution in [2.24, 2.45) is 0 Å². The lowest BCUT2D eigenvalue weighted by molar-refractivity contribution is -0.716. The average molecular weight is 870 g/mol. The normalized spacial score (nSPS) is 16.5. The van der Waals surface area contributed by atoms with Crippen LogP contribution in [0.25, 0.3) is 87.2 Å². The molecule has 0 radical (unpaired) electrons. The predicted molar refractivity (Wildman–Crippen MR) is 272 cm³/mol. The molecule has 316 valence electrons. The molecule has 0 fully saturated rings. The number of furan rings is 1. The molecule has 0 saturated heterocycles. The maximum atomic E-state index is 7.09. The minimum absolute atomic E-state index is 0.168. The van der Waals surface area contributed by atoms with Gasteiger partial charge >= 0.3 is 5.82 Å². The second-order valence-electron chi connectivity index (χ2n) is 20.2. The Bertz CT molecular complexity index is 3580. The second kappa shape index (κ2) is 14.5. The lowest BCUT2D eigenvalue weighted by Crippen LogP contribution is -2.54. The molecule has 0 amide bonds. The molecule has 6 heterocycles. The lowest BCUT2D eigenvalue weighted by atomic mass is 9.76. The standard InChI is InChI=1S/C58H55N3OSSi/c1-34(2)38-23-26-41-46(30-38)40-25-21-37-22-27-44-42-15-9-13-19-52(42)62-57(44)56(37)58-60(36(5)29-50(40)59-33-55(64(6,7)8)45(35(3)4)32-51(41)59)48-17-11-12-18-49(48)61(58)39-24-28-54-47(31-39)43-16-10-14-20-53(43)63-54/h9-20,22-24,26-28,30-35,40,50H,5,21,25,29H2,1-4,6-8H3/q+2. The van der Waals surface area contributed by atoms with Gasteiger partial charge in [0, 0.05) is 53.7 Å². The van der Waals surface area contributed by atoms with Gasteiger partial charge in [0.15, 0.2) is 28.9 Å². The molecule has 64 heavy (non-hydrogen) atoms. The van der Waals surface area contributed by atoms with E-state index in [2.05, 4.69) is 195 Å². The number of pyridine rings is 1. The van der Waals surface area contributed by atoms with Crippen molar-refractivity contribution in [1.29, 1.82) is 0 Å². The van der Waals surface area contributed by atoms with E-state index in [-0.39, 0.29) is 12.0 Å². The fraction of sp³-hybridized carbons (Fsp3) is 0.241. The summed E-state index contributed by atoms with van der Waals surface area (Å²) in [6.45, 7) is 22.1. The van der Waals surface area contributed by atoms with Crippen LogP contribution >= 0.6 is 11.3 Å². The van der Waals surface area contributed by atoms with E-state index in [9.17, 15) is 0 Å². The van der Waals surface area contributed by atoms with Gasteiger partial charge in [-0.2, -0.15) is 13.7 Å².